The van der Waals surface area contributed by atoms with Gasteiger partial charge in [-0.2, -0.15) is 0 Å². The second-order valence-electron chi connectivity index (χ2n) is 3.84. The third-order valence-electron chi connectivity index (χ3n) is 2.78. The van der Waals surface area contributed by atoms with Crippen LogP contribution in [0.1, 0.15) is 18.8 Å². The maximum atomic E-state index is 11.9. The molecule has 5 nitrogen and oxygen atoms in total. The van der Waals surface area contributed by atoms with Gasteiger partial charge in [-0.15, -0.1) is 0 Å². The zero-order valence-corrected chi connectivity index (χ0v) is 10.1. The molecule has 0 spiro atoms. The summed E-state index contributed by atoms with van der Waals surface area (Å²) >= 11 is 0. The lowest BCUT2D eigenvalue weighted by molar-refractivity contribution is 0.415. The molecule has 0 aliphatic heterocycles. The van der Waals surface area contributed by atoms with Crippen molar-refractivity contribution in [3.05, 3.63) is 34.4 Å². The van der Waals surface area contributed by atoms with Crippen LogP contribution >= 0.6 is 0 Å². The van der Waals surface area contributed by atoms with E-state index in [-0.39, 0.29) is 11.6 Å². The van der Waals surface area contributed by atoms with Gasteiger partial charge in [-0.3, -0.25) is 4.79 Å². The van der Waals surface area contributed by atoms with Gasteiger partial charge in [0.2, 0.25) is 0 Å². The molecule has 0 aliphatic rings. The fraction of sp³-hybridized carbons (Fsp3) is 0.333. The Morgan fingerprint density at radius 2 is 2.24 bits per heavy atom. The summed E-state index contributed by atoms with van der Waals surface area (Å²) in [5, 5.41) is 3.61. The second kappa shape index (κ2) is 4.55. The van der Waals surface area contributed by atoms with Crippen LogP contribution in [0.3, 0.4) is 0 Å². The number of benzene rings is 1. The highest BCUT2D eigenvalue weighted by Crippen LogP contribution is 2.17. The Kier molecular flexibility index (Phi) is 3.10. The van der Waals surface area contributed by atoms with Gasteiger partial charge in [0, 0.05) is 6.07 Å². The number of fused-ring (bicyclic) bond motifs is 1. The van der Waals surface area contributed by atoms with Gasteiger partial charge in [0.25, 0.3) is 5.56 Å². The van der Waals surface area contributed by atoms with Gasteiger partial charge in [-0.25, -0.2) is 4.98 Å². The van der Waals surface area contributed by atoms with Crippen LogP contribution in [0.5, 0.6) is 5.75 Å². The van der Waals surface area contributed by atoms with E-state index in [0.29, 0.717) is 22.5 Å². The van der Waals surface area contributed by atoms with E-state index in [4.69, 9.17) is 4.74 Å². The lowest BCUT2D eigenvalue weighted by atomic mass is 10.2. The fourth-order valence-electron chi connectivity index (χ4n) is 1.61. The van der Waals surface area contributed by atoms with Crippen LogP contribution in [0.15, 0.2) is 23.0 Å². The average molecular weight is 233 g/mol. The highest BCUT2D eigenvalue weighted by molar-refractivity contribution is 5.79. The maximum Gasteiger partial charge on any atom is 0.258 e. The third-order valence-corrected chi connectivity index (χ3v) is 2.78. The minimum absolute atomic E-state index is 0.00157. The zero-order chi connectivity index (χ0) is 12.4. The number of methoxy groups -OCH3 is 1. The predicted molar refractivity (Wildman–Crippen MR) is 66.4 cm³/mol. The van der Waals surface area contributed by atoms with E-state index >= 15 is 0 Å². The molecule has 0 saturated carbocycles. The van der Waals surface area contributed by atoms with E-state index in [1.807, 2.05) is 14.0 Å². The molecular formula is C12H15N3O2. The average Bonchev–Trinajstić information content (AvgIpc) is 2.36. The van der Waals surface area contributed by atoms with E-state index in [1.54, 1.807) is 25.3 Å². The molecule has 1 atom stereocenters. The van der Waals surface area contributed by atoms with Crippen molar-refractivity contribution in [3.8, 4) is 5.75 Å². The molecule has 0 saturated heterocycles. The molecule has 0 amide bonds. The largest absolute Gasteiger partial charge is 0.497 e. The molecule has 1 aromatic heterocycles. The standard InChI is InChI=1S/C12H15N3O2/c1-7(13-2)11-14-10-6-8(17-3)4-5-9(10)12(16)15-11/h4-7,13H,1-3H3,(H,14,15,16). The normalized spacial score (nSPS) is 12.6. The summed E-state index contributed by atoms with van der Waals surface area (Å²) in [6, 6.07) is 5.23. The SMILES string of the molecule is CNC(C)c1nc2cc(OC)ccc2c(=O)[nH]1. The Hall–Kier alpha value is -1.88. The van der Waals surface area contributed by atoms with Crippen LogP contribution in [-0.2, 0) is 0 Å². The quantitative estimate of drug-likeness (QED) is 0.836. The van der Waals surface area contributed by atoms with E-state index in [2.05, 4.69) is 15.3 Å². The first-order valence-corrected chi connectivity index (χ1v) is 5.41. The summed E-state index contributed by atoms with van der Waals surface area (Å²) in [4.78, 5) is 19.0. The number of H-pyrrole nitrogens is 1. The van der Waals surface area contributed by atoms with Gasteiger partial charge in [-0.05, 0) is 26.1 Å². The molecule has 90 valence electrons. The summed E-state index contributed by atoms with van der Waals surface area (Å²) in [6.07, 6.45) is 0. The molecule has 1 unspecified atom stereocenters. The number of hydrogen-bond donors (Lipinski definition) is 2. The van der Waals surface area contributed by atoms with E-state index < -0.39 is 0 Å². The van der Waals surface area contributed by atoms with Crippen LogP contribution < -0.4 is 15.6 Å². The van der Waals surface area contributed by atoms with E-state index in [1.165, 1.54) is 0 Å². The Morgan fingerprint density at radius 3 is 2.88 bits per heavy atom. The Balaban J connectivity index is 2.65. The number of aromatic nitrogens is 2. The molecule has 5 heteroatoms. The zero-order valence-electron chi connectivity index (χ0n) is 10.1. The van der Waals surface area contributed by atoms with E-state index in [0.717, 1.165) is 0 Å². The summed E-state index contributed by atoms with van der Waals surface area (Å²) in [6.45, 7) is 1.93. The molecule has 0 bridgehead atoms. The molecule has 2 aromatic rings. The van der Waals surface area contributed by atoms with Crippen molar-refractivity contribution in [1.82, 2.24) is 15.3 Å². The van der Waals surface area contributed by atoms with Crippen molar-refractivity contribution in [2.75, 3.05) is 14.2 Å². The van der Waals surface area contributed by atoms with Crippen LogP contribution in [0.4, 0.5) is 0 Å². The molecule has 0 radical (unpaired) electrons. The molecule has 17 heavy (non-hydrogen) atoms. The van der Waals surface area contributed by atoms with Gasteiger partial charge < -0.3 is 15.0 Å². The van der Waals surface area contributed by atoms with Crippen LogP contribution in [0, 0.1) is 0 Å². The first-order valence-electron chi connectivity index (χ1n) is 5.41. The molecule has 1 heterocycles. The summed E-state index contributed by atoms with van der Waals surface area (Å²) in [5.74, 6) is 1.32. The van der Waals surface area contributed by atoms with E-state index in [9.17, 15) is 4.79 Å². The molecule has 0 aliphatic carbocycles. The van der Waals surface area contributed by atoms with Gasteiger partial charge in [-0.1, -0.05) is 0 Å². The van der Waals surface area contributed by atoms with Crippen molar-refractivity contribution in [2.45, 2.75) is 13.0 Å². The summed E-state index contributed by atoms with van der Waals surface area (Å²) in [5.41, 5.74) is 0.514. The molecule has 2 rings (SSSR count). The smallest absolute Gasteiger partial charge is 0.258 e. The number of ether oxygens (including phenoxy) is 1. The Morgan fingerprint density at radius 1 is 1.47 bits per heavy atom. The second-order valence-corrected chi connectivity index (χ2v) is 3.84. The lowest BCUT2D eigenvalue weighted by Gasteiger charge is -2.10. The number of nitrogens with one attached hydrogen (secondary N) is 2. The van der Waals surface area contributed by atoms with Crippen molar-refractivity contribution in [3.63, 3.8) is 0 Å². The van der Waals surface area contributed by atoms with Crippen molar-refractivity contribution < 1.29 is 4.74 Å². The Labute approximate surface area is 98.8 Å². The monoisotopic (exact) mass is 233 g/mol. The number of rotatable bonds is 3. The van der Waals surface area contributed by atoms with Crippen LogP contribution in [0.2, 0.25) is 0 Å². The highest BCUT2D eigenvalue weighted by Gasteiger charge is 2.09. The van der Waals surface area contributed by atoms with Crippen molar-refractivity contribution in [2.24, 2.45) is 0 Å². The Bertz CT molecular complexity index is 592. The predicted octanol–water partition coefficient (Wildman–Crippen LogP) is 1.21. The number of hydrogen-bond acceptors (Lipinski definition) is 4. The fourth-order valence-corrected chi connectivity index (χ4v) is 1.61. The summed E-state index contributed by atoms with van der Waals surface area (Å²) in [7, 11) is 3.41. The van der Waals surface area contributed by atoms with Gasteiger partial charge >= 0.3 is 0 Å². The van der Waals surface area contributed by atoms with Crippen LogP contribution in [-0.4, -0.2) is 24.1 Å². The molecule has 1 aromatic carbocycles. The number of nitrogens with zero attached hydrogens (tertiary/aromatic N) is 1. The van der Waals surface area contributed by atoms with Crippen LogP contribution in [0.25, 0.3) is 10.9 Å². The van der Waals surface area contributed by atoms with Gasteiger partial charge in [0.1, 0.15) is 11.6 Å². The first-order chi connectivity index (χ1) is 8.15. The minimum Gasteiger partial charge on any atom is -0.497 e. The van der Waals surface area contributed by atoms with Gasteiger partial charge in [0.15, 0.2) is 0 Å². The number of aromatic amines is 1. The first kappa shape index (κ1) is 11.6. The molecular weight excluding hydrogens is 218 g/mol. The topological polar surface area (TPSA) is 67.0 Å². The maximum absolute atomic E-state index is 11.9. The lowest BCUT2D eigenvalue weighted by Crippen LogP contribution is -2.20. The van der Waals surface area contributed by atoms with Gasteiger partial charge in [0.05, 0.1) is 24.1 Å². The third kappa shape index (κ3) is 2.14. The summed E-state index contributed by atoms with van der Waals surface area (Å²) < 4.78 is 5.12. The van der Waals surface area contributed by atoms with Crippen molar-refractivity contribution in [1.29, 1.82) is 0 Å². The molecule has 0 fully saturated rings. The highest BCUT2D eigenvalue weighted by atomic mass is 16.5. The molecule has 2 N–H and O–H groups in total. The minimum atomic E-state index is -0.130. The van der Waals surface area contributed by atoms with Crippen molar-refractivity contribution >= 4 is 10.9 Å².